The molecule has 28 heavy (non-hydrogen) atoms. The van der Waals surface area contributed by atoms with Gasteiger partial charge in [0.05, 0.1) is 12.1 Å². The second kappa shape index (κ2) is 6.77. The zero-order valence-electron chi connectivity index (χ0n) is 15.4. The van der Waals surface area contributed by atoms with Gasteiger partial charge >= 0.3 is 0 Å². The first-order chi connectivity index (χ1) is 13.4. The maximum Gasteiger partial charge on any atom is 0.273 e. The van der Waals surface area contributed by atoms with Gasteiger partial charge in [-0.25, -0.2) is 0 Å². The number of aryl methyl sites for hydroxylation is 2. The van der Waals surface area contributed by atoms with Crippen molar-refractivity contribution >= 4 is 29.0 Å². The first kappa shape index (κ1) is 17.7. The van der Waals surface area contributed by atoms with Gasteiger partial charge in [-0.15, -0.1) is 0 Å². The first-order valence-electron chi connectivity index (χ1n) is 8.80. The molecule has 0 saturated carbocycles. The van der Waals surface area contributed by atoms with Crippen LogP contribution in [0.5, 0.6) is 0 Å². The third kappa shape index (κ3) is 3.29. The van der Waals surface area contributed by atoms with E-state index >= 15 is 0 Å². The number of carbonyl (C=O) groups excluding carboxylic acids is 3. The Bertz CT molecular complexity index is 1130. The molecule has 1 aliphatic heterocycles. The van der Waals surface area contributed by atoms with Gasteiger partial charge in [0.25, 0.3) is 5.91 Å². The minimum absolute atomic E-state index is 0.0743. The molecule has 0 radical (unpaired) electrons. The zero-order chi connectivity index (χ0) is 19.8. The third-order valence-corrected chi connectivity index (χ3v) is 4.61. The summed E-state index contributed by atoms with van der Waals surface area (Å²) in [5.74, 6) is -0.556. The number of hydrogen-bond donors (Lipinski definition) is 2. The lowest BCUT2D eigenvalue weighted by molar-refractivity contribution is -0.115. The highest BCUT2D eigenvalue weighted by Crippen LogP contribution is 2.25. The molecule has 140 valence electrons. The van der Waals surface area contributed by atoms with E-state index in [-0.39, 0.29) is 17.6 Å². The molecule has 0 bridgehead atoms. The van der Waals surface area contributed by atoms with Gasteiger partial charge in [-0.05, 0) is 36.8 Å². The molecule has 1 aromatic heterocycles. The van der Waals surface area contributed by atoms with Crippen LogP contribution in [0.25, 0.3) is 0 Å². The molecule has 2 aromatic carbocycles. The topological polar surface area (TPSA) is 93.1 Å². The van der Waals surface area contributed by atoms with Crippen molar-refractivity contribution in [3.8, 4) is 0 Å². The lowest BCUT2D eigenvalue weighted by Crippen LogP contribution is -2.16. The molecule has 0 fully saturated rings. The summed E-state index contributed by atoms with van der Waals surface area (Å²) in [5.41, 5.74) is 4.18. The van der Waals surface area contributed by atoms with E-state index < -0.39 is 0 Å². The summed E-state index contributed by atoms with van der Waals surface area (Å²) < 4.78 is 1.51. The monoisotopic (exact) mass is 374 g/mol. The Kier molecular flexibility index (Phi) is 4.27. The molecule has 2 heterocycles. The van der Waals surface area contributed by atoms with Gasteiger partial charge in [-0.2, -0.15) is 5.10 Å². The minimum atomic E-state index is -0.298. The summed E-state index contributed by atoms with van der Waals surface area (Å²) in [4.78, 5) is 36.8. The highest BCUT2D eigenvalue weighted by molar-refractivity contribution is 6.11. The first-order valence-corrected chi connectivity index (χ1v) is 8.80. The molecule has 0 saturated heterocycles. The molecule has 0 aliphatic carbocycles. The van der Waals surface area contributed by atoms with Crippen LogP contribution >= 0.6 is 0 Å². The molecular formula is C21H18N4O3. The van der Waals surface area contributed by atoms with Crippen molar-refractivity contribution in [2.24, 2.45) is 7.05 Å². The van der Waals surface area contributed by atoms with Crippen molar-refractivity contribution in [1.82, 2.24) is 9.78 Å². The Morgan fingerprint density at radius 1 is 1.11 bits per heavy atom. The number of anilines is 2. The molecule has 0 atom stereocenters. The largest absolute Gasteiger partial charge is 0.326 e. The van der Waals surface area contributed by atoms with Gasteiger partial charge in [0, 0.05) is 29.5 Å². The van der Waals surface area contributed by atoms with Crippen molar-refractivity contribution in [1.29, 1.82) is 0 Å². The third-order valence-electron chi connectivity index (χ3n) is 4.61. The molecule has 2 amide bonds. The van der Waals surface area contributed by atoms with Crippen LogP contribution in [0.2, 0.25) is 0 Å². The summed E-state index contributed by atoms with van der Waals surface area (Å²) >= 11 is 0. The van der Waals surface area contributed by atoms with E-state index in [1.165, 1.54) is 4.68 Å². The fraction of sp³-hybridized carbons (Fsp3) is 0.143. The molecule has 0 spiro atoms. The number of rotatable bonds is 4. The van der Waals surface area contributed by atoms with E-state index in [1.807, 2.05) is 6.92 Å². The number of fused-ring (bicyclic) bond motifs is 1. The standard InChI is InChI=1S/C21H18N4O3/c1-12-8-18(25(2)24-12)21(28)22-16-5-3-4-14(9-16)20(27)15-7-6-13-11-19(26)23-17(13)10-15/h3-10H,11H2,1-2H3,(H,22,28)(H,23,26). The van der Waals surface area contributed by atoms with E-state index in [0.29, 0.717) is 34.6 Å². The van der Waals surface area contributed by atoms with E-state index in [9.17, 15) is 14.4 Å². The van der Waals surface area contributed by atoms with Crippen molar-refractivity contribution in [2.45, 2.75) is 13.3 Å². The summed E-state index contributed by atoms with van der Waals surface area (Å²) in [6, 6.07) is 13.7. The molecule has 7 heteroatoms. The second-order valence-electron chi connectivity index (χ2n) is 6.76. The predicted octanol–water partition coefficient (Wildman–Crippen LogP) is 2.71. The minimum Gasteiger partial charge on any atom is -0.326 e. The Morgan fingerprint density at radius 2 is 1.89 bits per heavy atom. The summed E-state index contributed by atoms with van der Waals surface area (Å²) in [6.07, 6.45) is 0.332. The van der Waals surface area contributed by atoms with Gasteiger partial charge in [0.2, 0.25) is 5.91 Å². The quantitative estimate of drug-likeness (QED) is 0.687. The van der Waals surface area contributed by atoms with Gasteiger partial charge in [-0.1, -0.05) is 24.3 Å². The maximum atomic E-state index is 12.9. The van der Waals surface area contributed by atoms with Crippen molar-refractivity contribution < 1.29 is 14.4 Å². The van der Waals surface area contributed by atoms with Crippen molar-refractivity contribution in [2.75, 3.05) is 10.6 Å². The molecule has 3 aromatic rings. The van der Waals surface area contributed by atoms with Crippen LogP contribution < -0.4 is 10.6 Å². The Balaban J connectivity index is 1.56. The number of benzene rings is 2. The Labute approximate surface area is 161 Å². The summed E-state index contributed by atoms with van der Waals surface area (Å²) in [5, 5.41) is 9.71. The van der Waals surface area contributed by atoms with Crippen LogP contribution in [-0.2, 0) is 18.3 Å². The van der Waals surface area contributed by atoms with E-state index in [0.717, 1.165) is 11.3 Å². The molecule has 4 rings (SSSR count). The van der Waals surface area contributed by atoms with Gasteiger partial charge in [0.15, 0.2) is 5.78 Å². The summed E-state index contributed by atoms with van der Waals surface area (Å²) in [7, 11) is 1.70. The average molecular weight is 374 g/mol. The number of carbonyl (C=O) groups is 3. The maximum absolute atomic E-state index is 12.9. The Morgan fingerprint density at radius 3 is 2.64 bits per heavy atom. The molecule has 7 nitrogen and oxygen atoms in total. The van der Waals surface area contributed by atoms with E-state index in [2.05, 4.69) is 15.7 Å². The van der Waals surface area contributed by atoms with Gasteiger partial charge in [-0.3, -0.25) is 19.1 Å². The smallest absolute Gasteiger partial charge is 0.273 e. The average Bonchev–Trinajstić information content (AvgIpc) is 3.20. The van der Waals surface area contributed by atoms with Gasteiger partial charge in [0.1, 0.15) is 5.69 Å². The molecule has 2 N–H and O–H groups in total. The molecular weight excluding hydrogens is 356 g/mol. The second-order valence-corrected chi connectivity index (χ2v) is 6.76. The van der Waals surface area contributed by atoms with Crippen LogP contribution in [0, 0.1) is 6.92 Å². The predicted molar refractivity (Wildman–Crippen MR) is 105 cm³/mol. The zero-order valence-corrected chi connectivity index (χ0v) is 15.4. The fourth-order valence-electron chi connectivity index (χ4n) is 3.28. The number of nitrogens with zero attached hydrogens (tertiary/aromatic N) is 2. The van der Waals surface area contributed by atoms with E-state index in [4.69, 9.17) is 0 Å². The van der Waals surface area contributed by atoms with Crippen LogP contribution in [0.3, 0.4) is 0 Å². The number of hydrogen-bond acceptors (Lipinski definition) is 4. The number of ketones is 1. The van der Waals surface area contributed by atoms with Crippen LogP contribution in [-0.4, -0.2) is 27.4 Å². The lowest BCUT2D eigenvalue weighted by Gasteiger charge is -2.08. The fourth-order valence-corrected chi connectivity index (χ4v) is 3.28. The SMILES string of the molecule is Cc1cc(C(=O)Nc2cccc(C(=O)c3ccc4c(c3)NC(=O)C4)c2)n(C)n1. The highest BCUT2D eigenvalue weighted by Gasteiger charge is 2.20. The van der Waals surface area contributed by atoms with Crippen LogP contribution in [0.15, 0.2) is 48.5 Å². The normalized spacial score (nSPS) is 12.4. The highest BCUT2D eigenvalue weighted by atomic mass is 16.2. The van der Waals surface area contributed by atoms with Gasteiger partial charge < -0.3 is 10.6 Å². The summed E-state index contributed by atoms with van der Waals surface area (Å²) in [6.45, 7) is 1.81. The number of amides is 2. The van der Waals surface area contributed by atoms with Crippen molar-refractivity contribution in [3.63, 3.8) is 0 Å². The van der Waals surface area contributed by atoms with E-state index in [1.54, 1.807) is 55.6 Å². The molecule has 1 aliphatic rings. The number of aromatic nitrogens is 2. The van der Waals surface area contributed by atoms with Crippen molar-refractivity contribution in [3.05, 3.63) is 76.6 Å². The lowest BCUT2D eigenvalue weighted by atomic mass is 10.0. The van der Waals surface area contributed by atoms with Crippen LogP contribution in [0.4, 0.5) is 11.4 Å². The number of nitrogens with one attached hydrogen (secondary N) is 2. The Hall–Kier alpha value is -3.74. The molecule has 0 unspecified atom stereocenters. The van der Waals surface area contributed by atoms with Crippen LogP contribution in [0.1, 0.15) is 37.7 Å².